The molecule has 2 heterocycles. The molecule has 2 N–H and O–H groups in total. The first-order valence-electron chi connectivity index (χ1n) is 9.18. The van der Waals surface area contributed by atoms with Crippen molar-refractivity contribution in [3.63, 3.8) is 0 Å². The molecule has 1 atom stereocenters. The summed E-state index contributed by atoms with van der Waals surface area (Å²) >= 11 is 0. The zero-order chi connectivity index (χ0) is 19.8. The number of benzene rings is 2. The molecule has 7 heteroatoms. The van der Waals surface area contributed by atoms with Crippen molar-refractivity contribution in [2.45, 2.75) is 12.5 Å². The Labute approximate surface area is 161 Å². The summed E-state index contributed by atoms with van der Waals surface area (Å²) in [5.41, 5.74) is 1.68. The van der Waals surface area contributed by atoms with E-state index in [-0.39, 0.29) is 22.6 Å². The number of aromatic nitrogens is 1. The normalized spacial score (nSPS) is 17.5. The molecular weight excluding hydrogens is 362 g/mol. The van der Waals surface area contributed by atoms with Gasteiger partial charge in [-0.1, -0.05) is 6.07 Å². The van der Waals surface area contributed by atoms with Crippen LogP contribution in [0.4, 0.5) is 20.2 Å². The van der Waals surface area contributed by atoms with Crippen molar-refractivity contribution in [2.75, 3.05) is 32.1 Å². The van der Waals surface area contributed by atoms with Crippen molar-refractivity contribution in [1.82, 2.24) is 9.88 Å². The second kappa shape index (κ2) is 7.24. The number of hydrogen-bond donors (Lipinski definition) is 2. The van der Waals surface area contributed by atoms with Crippen LogP contribution in [0.25, 0.3) is 10.9 Å². The molecule has 4 rings (SSSR count). The van der Waals surface area contributed by atoms with Gasteiger partial charge in [-0.25, -0.2) is 8.78 Å². The first kappa shape index (κ1) is 18.4. The highest BCUT2D eigenvalue weighted by molar-refractivity contribution is 6.02. The quantitative estimate of drug-likeness (QED) is 0.668. The predicted molar refractivity (Wildman–Crippen MR) is 108 cm³/mol. The van der Waals surface area contributed by atoms with Crippen molar-refractivity contribution < 1.29 is 13.9 Å². The third-order valence-corrected chi connectivity index (χ3v) is 5.30. The molecule has 0 amide bonds. The van der Waals surface area contributed by atoms with E-state index in [9.17, 15) is 13.9 Å². The molecule has 0 saturated carbocycles. The Kier molecular flexibility index (Phi) is 4.77. The van der Waals surface area contributed by atoms with Gasteiger partial charge in [0.05, 0.1) is 22.5 Å². The number of fused-ring (bicyclic) bond motifs is 1. The zero-order valence-corrected chi connectivity index (χ0v) is 15.8. The van der Waals surface area contributed by atoms with E-state index in [0.29, 0.717) is 22.9 Å². The highest BCUT2D eigenvalue weighted by atomic mass is 19.1. The molecule has 146 valence electrons. The predicted octanol–water partition coefficient (Wildman–Crippen LogP) is 4.04. The lowest BCUT2D eigenvalue weighted by atomic mass is 10.1. The fourth-order valence-corrected chi connectivity index (χ4v) is 3.69. The van der Waals surface area contributed by atoms with Gasteiger partial charge in [-0.3, -0.25) is 4.99 Å². The summed E-state index contributed by atoms with van der Waals surface area (Å²) in [4.78, 5) is 11.1. The molecular formula is C21H22F2N4O. The monoisotopic (exact) mass is 384 g/mol. The van der Waals surface area contributed by atoms with Crippen LogP contribution in [-0.4, -0.2) is 54.4 Å². The van der Waals surface area contributed by atoms with Crippen molar-refractivity contribution >= 4 is 28.5 Å². The Balaban J connectivity index is 1.59. The number of likely N-dealkylation sites (N-methyl/N-ethyl adjacent to an activating group) is 1. The van der Waals surface area contributed by atoms with Gasteiger partial charge in [0, 0.05) is 36.8 Å². The number of hydrogen-bond acceptors (Lipinski definition) is 4. The molecule has 5 nitrogen and oxygen atoms in total. The van der Waals surface area contributed by atoms with E-state index in [4.69, 9.17) is 0 Å². The summed E-state index contributed by atoms with van der Waals surface area (Å²) in [5, 5.41) is 10.3. The van der Waals surface area contributed by atoms with Gasteiger partial charge in [-0.15, -0.1) is 0 Å². The topological polar surface area (TPSA) is 54.9 Å². The number of anilines is 1. The Morgan fingerprint density at radius 3 is 2.75 bits per heavy atom. The van der Waals surface area contributed by atoms with Crippen LogP contribution in [0, 0.1) is 11.6 Å². The van der Waals surface area contributed by atoms with E-state index in [2.05, 4.69) is 14.9 Å². The minimum atomic E-state index is -0.457. The van der Waals surface area contributed by atoms with Crippen LogP contribution in [-0.2, 0) is 0 Å². The molecule has 0 bridgehead atoms. The van der Waals surface area contributed by atoms with Crippen molar-refractivity contribution in [1.29, 1.82) is 0 Å². The number of aliphatic imine (C=N–C) groups is 1. The van der Waals surface area contributed by atoms with Crippen molar-refractivity contribution in [3.05, 3.63) is 53.6 Å². The molecule has 1 aliphatic heterocycles. The lowest BCUT2D eigenvalue weighted by Crippen LogP contribution is -2.31. The molecule has 0 spiro atoms. The third kappa shape index (κ3) is 3.33. The van der Waals surface area contributed by atoms with Gasteiger partial charge in [0.15, 0.2) is 5.88 Å². The molecule has 1 aliphatic rings. The fraction of sp³-hybridized carbons (Fsp3) is 0.286. The summed E-state index contributed by atoms with van der Waals surface area (Å²) in [7, 11) is 4.07. The van der Waals surface area contributed by atoms with E-state index in [0.717, 1.165) is 19.5 Å². The molecule has 1 aromatic heterocycles. The highest BCUT2D eigenvalue weighted by Crippen LogP contribution is 2.30. The van der Waals surface area contributed by atoms with Crippen LogP contribution in [0.2, 0.25) is 0 Å². The van der Waals surface area contributed by atoms with Gasteiger partial charge in [-0.2, -0.15) is 0 Å². The standard InChI is InChI=1S/C21H22F2N4O/c1-26(2)14-8-9-27(12-14)19-7-6-13(10-17(19)23)24-11-15-20-16(22)4-3-5-18(20)25-21(15)28/h3-7,10-11,14,25,28H,8-9,12H2,1-2H3. The smallest absolute Gasteiger partial charge is 0.198 e. The zero-order valence-electron chi connectivity index (χ0n) is 15.8. The highest BCUT2D eigenvalue weighted by Gasteiger charge is 2.25. The Bertz CT molecular complexity index is 1040. The van der Waals surface area contributed by atoms with Gasteiger partial charge in [-0.05, 0) is 44.8 Å². The maximum Gasteiger partial charge on any atom is 0.198 e. The first-order chi connectivity index (χ1) is 13.4. The number of rotatable bonds is 4. The second-order valence-corrected chi connectivity index (χ2v) is 7.30. The Hall–Kier alpha value is -2.93. The van der Waals surface area contributed by atoms with Crippen LogP contribution in [0.5, 0.6) is 5.88 Å². The number of nitrogens with zero attached hydrogens (tertiary/aromatic N) is 3. The SMILES string of the molecule is CN(C)C1CCN(c2ccc(N=Cc3c(O)[nH]c4cccc(F)c34)cc2F)C1. The molecule has 1 saturated heterocycles. The lowest BCUT2D eigenvalue weighted by Gasteiger charge is -2.22. The van der Waals surface area contributed by atoms with Gasteiger partial charge in [0.1, 0.15) is 11.6 Å². The molecule has 0 aliphatic carbocycles. The Morgan fingerprint density at radius 1 is 1.21 bits per heavy atom. The van der Waals surface area contributed by atoms with Crippen LogP contribution in [0.1, 0.15) is 12.0 Å². The summed E-state index contributed by atoms with van der Waals surface area (Å²) in [6, 6.07) is 9.76. The number of halogens is 2. The van der Waals surface area contributed by atoms with Crippen molar-refractivity contribution in [2.24, 2.45) is 4.99 Å². The van der Waals surface area contributed by atoms with Gasteiger partial charge < -0.3 is 19.9 Å². The van der Waals surface area contributed by atoms with E-state index in [1.165, 1.54) is 18.3 Å². The van der Waals surface area contributed by atoms with Crippen LogP contribution < -0.4 is 4.90 Å². The summed E-state index contributed by atoms with van der Waals surface area (Å²) < 4.78 is 28.7. The molecule has 0 radical (unpaired) electrons. The third-order valence-electron chi connectivity index (χ3n) is 5.30. The number of aromatic amines is 1. The molecule has 3 aromatic rings. The summed E-state index contributed by atoms with van der Waals surface area (Å²) in [6.07, 6.45) is 2.35. The molecule has 1 unspecified atom stereocenters. The maximum atomic E-state index is 14.6. The van der Waals surface area contributed by atoms with E-state index in [1.807, 2.05) is 19.0 Å². The van der Waals surface area contributed by atoms with Crippen molar-refractivity contribution in [3.8, 4) is 5.88 Å². The van der Waals surface area contributed by atoms with E-state index >= 15 is 0 Å². The summed E-state index contributed by atoms with van der Waals surface area (Å²) in [6.45, 7) is 1.60. The Morgan fingerprint density at radius 2 is 2.04 bits per heavy atom. The average Bonchev–Trinajstić information content (AvgIpc) is 3.25. The number of H-pyrrole nitrogens is 1. The fourth-order valence-electron chi connectivity index (χ4n) is 3.69. The van der Waals surface area contributed by atoms with E-state index in [1.54, 1.807) is 24.3 Å². The minimum Gasteiger partial charge on any atom is -0.494 e. The first-order valence-corrected chi connectivity index (χ1v) is 9.18. The largest absolute Gasteiger partial charge is 0.494 e. The molecule has 28 heavy (non-hydrogen) atoms. The van der Waals surface area contributed by atoms with Gasteiger partial charge in [0.2, 0.25) is 0 Å². The molecule has 1 fully saturated rings. The maximum absolute atomic E-state index is 14.6. The average molecular weight is 384 g/mol. The van der Waals surface area contributed by atoms with Gasteiger partial charge >= 0.3 is 0 Å². The van der Waals surface area contributed by atoms with Crippen LogP contribution >= 0.6 is 0 Å². The van der Waals surface area contributed by atoms with E-state index < -0.39 is 5.82 Å². The minimum absolute atomic E-state index is 0.173. The molecule has 2 aromatic carbocycles. The summed E-state index contributed by atoms with van der Waals surface area (Å²) in [5.74, 6) is -0.974. The number of nitrogens with one attached hydrogen (secondary N) is 1. The van der Waals surface area contributed by atoms with Crippen LogP contribution in [0.15, 0.2) is 41.4 Å². The number of aromatic hydroxyl groups is 1. The lowest BCUT2D eigenvalue weighted by molar-refractivity contribution is 0.315. The van der Waals surface area contributed by atoms with Crippen LogP contribution in [0.3, 0.4) is 0 Å². The second-order valence-electron chi connectivity index (χ2n) is 7.30. The van der Waals surface area contributed by atoms with Gasteiger partial charge in [0.25, 0.3) is 0 Å².